The summed E-state index contributed by atoms with van der Waals surface area (Å²) in [4.78, 5) is 25.7. The summed E-state index contributed by atoms with van der Waals surface area (Å²) in [5.74, 6) is -0.809. The van der Waals surface area contributed by atoms with Gasteiger partial charge in [-0.2, -0.15) is 10.2 Å². The van der Waals surface area contributed by atoms with Crippen molar-refractivity contribution in [1.29, 1.82) is 0 Å². The van der Waals surface area contributed by atoms with Crippen molar-refractivity contribution in [1.82, 2.24) is 19.6 Å². The summed E-state index contributed by atoms with van der Waals surface area (Å²) in [5.41, 5.74) is 1.82. The smallest absolute Gasteiger partial charge is 0.293 e. The first-order valence-corrected chi connectivity index (χ1v) is 9.53. The van der Waals surface area contributed by atoms with Crippen LogP contribution in [-0.4, -0.2) is 25.5 Å². The van der Waals surface area contributed by atoms with E-state index >= 15 is 0 Å². The fourth-order valence-electron chi connectivity index (χ4n) is 3.26. The molecule has 0 fully saturated rings. The molecule has 0 saturated carbocycles. The fraction of sp³-hybridized carbons (Fsp3) is 0.182. The Balaban J connectivity index is 1.76. The number of benzene rings is 2. The van der Waals surface area contributed by atoms with Gasteiger partial charge in [-0.25, -0.2) is 13.8 Å². The van der Waals surface area contributed by atoms with E-state index in [1.54, 1.807) is 10.9 Å². The summed E-state index contributed by atoms with van der Waals surface area (Å²) in [5, 5.41) is 12.1. The Morgan fingerprint density at radius 2 is 1.80 bits per heavy atom. The highest BCUT2D eigenvalue weighted by Crippen LogP contribution is 2.22. The summed E-state index contributed by atoms with van der Waals surface area (Å²) in [6.07, 6.45) is 1.63. The summed E-state index contributed by atoms with van der Waals surface area (Å²) in [6.45, 7) is 3.66. The normalized spacial score (nSPS) is 11.2. The molecule has 7 nitrogen and oxygen atoms in total. The van der Waals surface area contributed by atoms with Gasteiger partial charge in [-0.1, -0.05) is 32.0 Å². The third-order valence-corrected chi connectivity index (χ3v) is 4.68. The average molecular weight is 405 g/mol. The Hall–Kier alpha value is -3.81. The van der Waals surface area contributed by atoms with Crippen LogP contribution in [0.1, 0.15) is 25.5 Å². The lowest BCUT2D eigenvalue weighted by Gasteiger charge is -2.12. The molecule has 2 aromatic heterocycles. The van der Waals surface area contributed by atoms with Gasteiger partial charge in [0.25, 0.3) is 5.56 Å². The molecule has 1 amide bonds. The molecule has 2 heterocycles. The number of hydrogen-bond donors (Lipinski definition) is 1. The number of fused-ring (bicyclic) bond motifs is 1. The van der Waals surface area contributed by atoms with E-state index in [9.17, 15) is 14.0 Å². The summed E-state index contributed by atoms with van der Waals surface area (Å²) in [6, 6.07) is 14.7. The summed E-state index contributed by atoms with van der Waals surface area (Å²) >= 11 is 0. The van der Waals surface area contributed by atoms with Gasteiger partial charge in [-0.05, 0) is 42.3 Å². The van der Waals surface area contributed by atoms with Crippen molar-refractivity contribution in [3.63, 3.8) is 0 Å². The van der Waals surface area contributed by atoms with Crippen molar-refractivity contribution >= 4 is 22.5 Å². The first-order valence-electron chi connectivity index (χ1n) is 9.53. The molecule has 30 heavy (non-hydrogen) atoms. The SMILES string of the molecule is CC(C)c1nn(CC(=O)Nc2ccc(F)cc2)c(=O)c2c1cnn2-c1ccccc1. The van der Waals surface area contributed by atoms with Gasteiger partial charge < -0.3 is 5.32 Å². The van der Waals surface area contributed by atoms with Crippen LogP contribution in [0, 0.1) is 5.82 Å². The van der Waals surface area contributed by atoms with Gasteiger partial charge in [0.1, 0.15) is 17.9 Å². The molecule has 8 heteroatoms. The van der Waals surface area contributed by atoms with E-state index in [1.165, 1.54) is 24.3 Å². The Labute approximate surface area is 171 Å². The molecule has 2 aromatic carbocycles. The summed E-state index contributed by atoms with van der Waals surface area (Å²) in [7, 11) is 0. The maximum absolute atomic E-state index is 13.2. The Bertz CT molecular complexity index is 1260. The number of aromatic nitrogens is 4. The minimum atomic E-state index is -0.434. The van der Waals surface area contributed by atoms with Crippen molar-refractivity contribution in [2.45, 2.75) is 26.3 Å². The van der Waals surface area contributed by atoms with Crippen LogP contribution in [0.25, 0.3) is 16.6 Å². The molecule has 0 bridgehead atoms. The molecule has 152 valence electrons. The number of carbonyl (C=O) groups excluding carboxylic acids is 1. The van der Waals surface area contributed by atoms with Gasteiger partial charge in [-0.15, -0.1) is 0 Å². The van der Waals surface area contributed by atoms with Crippen molar-refractivity contribution in [3.05, 3.63) is 82.7 Å². The lowest BCUT2D eigenvalue weighted by molar-refractivity contribution is -0.117. The minimum absolute atomic E-state index is 0.0212. The lowest BCUT2D eigenvalue weighted by atomic mass is 10.1. The highest BCUT2D eigenvalue weighted by molar-refractivity contribution is 5.90. The number of hydrogen-bond acceptors (Lipinski definition) is 4. The van der Waals surface area contributed by atoms with Crippen molar-refractivity contribution < 1.29 is 9.18 Å². The Morgan fingerprint density at radius 1 is 1.10 bits per heavy atom. The van der Waals surface area contributed by atoms with E-state index in [-0.39, 0.29) is 12.5 Å². The van der Waals surface area contributed by atoms with Crippen LogP contribution in [0.2, 0.25) is 0 Å². The largest absolute Gasteiger partial charge is 0.324 e. The van der Waals surface area contributed by atoms with Crippen molar-refractivity contribution in [2.75, 3.05) is 5.32 Å². The number of amides is 1. The predicted octanol–water partition coefficient (Wildman–Crippen LogP) is 3.48. The molecule has 0 radical (unpaired) electrons. The summed E-state index contributed by atoms with van der Waals surface area (Å²) < 4.78 is 15.8. The number of rotatable bonds is 5. The average Bonchev–Trinajstić information content (AvgIpc) is 3.17. The van der Waals surface area contributed by atoms with Gasteiger partial charge in [0.05, 0.1) is 17.6 Å². The van der Waals surface area contributed by atoms with Crippen LogP contribution < -0.4 is 10.9 Å². The molecule has 0 aliphatic carbocycles. The molecular weight excluding hydrogens is 385 g/mol. The topological polar surface area (TPSA) is 81.8 Å². The van der Waals surface area contributed by atoms with E-state index in [0.29, 0.717) is 22.3 Å². The quantitative estimate of drug-likeness (QED) is 0.551. The minimum Gasteiger partial charge on any atom is -0.324 e. The monoisotopic (exact) mass is 405 g/mol. The molecule has 4 aromatic rings. The second kappa shape index (κ2) is 7.90. The van der Waals surface area contributed by atoms with Crippen LogP contribution in [-0.2, 0) is 11.3 Å². The first kappa shape index (κ1) is 19.5. The molecule has 0 aliphatic rings. The molecule has 0 unspecified atom stereocenters. The second-order valence-electron chi connectivity index (χ2n) is 7.21. The van der Waals surface area contributed by atoms with Crippen molar-refractivity contribution in [3.8, 4) is 5.69 Å². The number of nitrogens with zero attached hydrogens (tertiary/aromatic N) is 4. The number of anilines is 1. The van der Waals surface area contributed by atoms with Crippen molar-refractivity contribution in [2.24, 2.45) is 0 Å². The highest BCUT2D eigenvalue weighted by atomic mass is 19.1. The van der Waals surface area contributed by atoms with E-state index in [4.69, 9.17) is 0 Å². The van der Waals surface area contributed by atoms with Crippen LogP contribution in [0.5, 0.6) is 0 Å². The molecule has 0 aliphatic heterocycles. The first-order chi connectivity index (χ1) is 14.4. The van der Waals surface area contributed by atoms with Gasteiger partial charge in [0.15, 0.2) is 0 Å². The molecular formula is C22H20FN5O2. The third kappa shape index (κ3) is 3.71. The Kier molecular flexibility index (Phi) is 5.14. The maximum Gasteiger partial charge on any atom is 0.293 e. The molecule has 4 rings (SSSR count). The standard InChI is InChI=1S/C22H20FN5O2/c1-14(2)20-18-12-24-28(17-6-4-3-5-7-17)21(18)22(30)27(26-20)13-19(29)25-16-10-8-15(23)9-11-16/h3-12,14H,13H2,1-2H3,(H,25,29). The number of para-hydroxylation sites is 1. The fourth-order valence-corrected chi connectivity index (χ4v) is 3.26. The van der Waals surface area contributed by atoms with Gasteiger partial charge >= 0.3 is 0 Å². The molecule has 0 spiro atoms. The van der Waals surface area contributed by atoms with Crippen LogP contribution in [0.15, 0.2) is 65.6 Å². The number of nitrogens with one attached hydrogen (secondary N) is 1. The van der Waals surface area contributed by atoms with E-state index in [0.717, 1.165) is 10.4 Å². The predicted molar refractivity (Wildman–Crippen MR) is 112 cm³/mol. The van der Waals surface area contributed by atoms with E-state index in [2.05, 4.69) is 15.5 Å². The van der Waals surface area contributed by atoms with Gasteiger partial charge in [0.2, 0.25) is 5.91 Å². The molecule has 0 atom stereocenters. The van der Waals surface area contributed by atoms with Crippen LogP contribution in [0.3, 0.4) is 0 Å². The second-order valence-corrected chi connectivity index (χ2v) is 7.21. The van der Waals surface area contributed by atoms with E-state index < -0.39 is 17.3 Å². The van der Waals surface area contributed by atoms with Crippen LogP contribution in [0.4, 0.5) is 10.1 Å². The zero-order valence-electron chi connectivity index (χ0n) is 16.5. The molecule has 1 N–H and O–H groups in total. The lowest BCUT2D eigenvalue weighted by Crippen LogP contribution is -2.31. The van der Waals surface area contributed by atoms with Gasteiger partial charge in [-0.3, -0.25) is 9.59 Å². The van der Waals surface area contributed by atoms with Gasteiger partial charge in [0, 0.05) is 11.1 Å². The zero-order valence-corrected chi connectivity index (χ0v) is 16.5. The third-order valence-electron chi connectivity index (χ3n) is 4.68. The molecule has 0 saturated heterocycles. The maximum atomic E-state index is 13.2. The number of halogens is 1. The highest BCUT2D eigenvalue weighted by Gasteiger charge is 2.19. The zero-order chi connectivity index (χ0) is 21.3. The van der Waals surface area contributed by atoms with E-state index in [1.807, 2.05) is 44.2 Å². The van der Waals surface area contributed by atoms with Crippen LogP contribution >= 0.6 is 0 Å². The number of carbonyl (C=O) groups is 1. The Morgan fingerprint density at radius 3 is 2.47 bits per heavy atom.